The van der Waals surface area contributed by atoms with Gasteiger partial charge in [-0.25, -0.2) is 4.98 Å². The number of rotatable bonds is 5. The second kappa shape index (κ2) is 5.74. The summed E-state index contributed by atoms with van der Waals surface area (Å²) in [6, 6.07) is 0.866. The minimum absolute atomic E-state index is 0.283. The van der Waals surface area contributed by atoms with E-state index in [0.29, 0.717) is 12.6 Å². The summed E-state index contributed by atoms with van der Waals surface area (Å²) in [5, 5.41) is 3.43. The molecule has 1 N–H and O–H groups in total. The second-order valence-corrected chi connectivity index (χ2v) is 5.64. The Morgan fingerprint density at radius 2 is 2.28 bits per heavy atom. The third-order valence-corrected chi connectivity index (χ3v) is 4.24. The number of imidazole rings is 1. The van der Waals surface area contributed by atoms with Crippen LogP contribution in [0.25, 0.3) is 0 Å². The molecule has 1 fully saturated rings. The molecule has 4 atom stereocenters. The van der Waals surface area contributed by atoms with Gasteiger partial charge in [0.15, 0.2) is 0 Å². The molecule has 102 valence electrons. The molecule has 0 saturated heterocycles. The summed E-state index contributed by atoms with van der Waals surface area (Å²) in [7, 11) is 1.73. The van der Waals surface area contributed by atoms with Crippen LogP contribution in [0.3, 0.4) is 0 Å². The number of hydrogen-bond acceptors (Lipinski definition) is 3. The fraction of sp³-hybridized carbons (Fsp3) is 0.786. The molecule has 1 heterocycles. The topological polar surface area (TPSA) is 39.1 Å². The molecule has 1 saturated carbocycles. The van der Waals surface area contributed by atoms with Gasteiger partial charge < -0.3 is 14.6 Å². The molecule has 0 radical (unpaired) electrons. The standard InChI is InChI=1S/C14H25N3O/c1-10-5-6-13(12(10)3)17-8-7-15-14(17)16-11(2)9-18-4/h7-8,10-13H,5-6,9H2,1-4H3,(H,15,16). The highest BCUT2D eigenvalue weighted by Crippen LogP contribution is 2.40. The lowest BCUT2D eigenvalue weighted by Crippen LogP contribution is -2.25. The third-order valence-electron chi connectivity index (χ3n) is 4.24. The molecule has 4 unspecified atom stereocenters. The molecule has 1 aromatic rings. The SMILES string of the molecule is COCC(C)Nc1nccn1C1CCC(C)C1C. The Morgan fingerprint density at radius 1 is 1.50 bits per heavy atom. The van der Waals surface area contributed by atoms with E-state index in [9.17, 15) is 0 Å². The first-order valence-corrected chi connectivity index (χ1v) is 6.91. The minimum Gasteiger partial charge on any atom is -0.383 e. The highest BCUT2D eigenvalue weighted by molar-refractivity contribution is 5.28. The Bertz CT molecular complexity index is 377. The van der Waals surface area contributed by atoms with Crippen LogP contribution >= 0.6 is 0 Å². The summed E-state index contributed by atoms with van der Waals surface area (Å²) < 4.78 is 7.46. The number of nitrogens with one attached hydrogen (secondary N) is 1. The van der Waals surface area contributed by atoms with Crippen LogP contribution in [-0.4, -0.2) is 29.3 Å². The molecule has 0 aliphatic heterocycles. The Labute approximate surface area is 110 Å². The van der Waals surface area contributed by atoms with Gasteiger partial charge in [-0.3, -0.25) is 0 Å². The summed E-state index contributed by atoms with van der Waals surface area (Å²) in [5.41, 5.74) is 0. The molecule has 1 aliphatic rings. The number of aromatic nitrogens is 2. The lowest BCUT2D eigenvalue weighted by atomic mass is 9.98. The molecular weight excluding hydrogens is 226 g/mol. The lowest BCUT2D eigenvalue weighted by Gasteiger charge is -2.23. The van der Waals surface area contributed by atoms with Gasteiger partial charge in [-0.15, -0.1) is 0 Å². The number of hydrogen-bond donors (Lipinski definition) is 1. The van der Waals surface area contributed by atoms with E-state index in [1.54, 1.807) is 7.11 Å². The van der Waals surface area contributed by atoms with Gasteiger partial charge in [-0.2, -0.15) is 0 Å². The molecule has 18 heavy (non-hydrogen) atoms. The first-order valence-electron chi connectivity index (χ1n) is 6.91. The molecule has 0 bridgehead atoms. The molecule has 1 aliphatic carbocycles. The molecule has 0 spiro atoms. The van der Waals surface area contributed by atoms with E-state index in [1.807, 2.05) is 6.20 Å². The van der Waals surface area contributed by atoms with Gasteiger partial charge in [0.2, 0.25) is 5.95 Å². The quantitative estimate of drug-likeness (QED) is 0.874. The predicted octanol–water partition coefficient (Wildman–Crippen LogP) is 2.94. The molecular formula is C14H25N3O. The minimum atomic E-state index is 0.283. The summed E-state index contributed by atoms with van der Waals surface area (Å²) in [6.45, 7) is 7.51. The van der Waals surface area contributed by atoms with E-state index in [1.165, 1.54) is 12.8 Å². The number of ether oxygens (including phenoxy) is 1. The first-order chi connectivity index (χ1) is 8.63. The van der Waals surface area contributed by atoms with E-state index < -0.39 is 0 Å². The highest BCUT2D eigenvalue weighted by atomic mass is 16.5. The monoisotopic (exact) mass is 251 g/mol. The molecule has 0 aromatic carbocycles. The molecule has 0 amide bonds. The van der Waals surface area contributed by atoms with Crippen molar-refractivity contribution in [3.05, 3.63) is 12.4 Å². The van der Waals surface area contributed by atoms with Crippen LogP contribution in [0.5, 0.6) is 0 Å². The zero-order valence-electron chi connectivity index (χ0n) is 11.9. The van der Waals surface area contributed by atoms with E-state index in [-0.39, 0.29) is 6.04 Å². The van der Waals surface area contributed by atoms with E-state index in [2.05, 4.69) is 41.8 Å². The maximum Gasteiger partial charge on any atom is 0.203 e. The molecule has 4 heteroatoms. The number of anilines is 1. The van der Waals surface area contributed by atoms with Crippen molar-refractivity contribution >= 4 is 5.95 Å². The zero-order valence-corrected chi connectivity index (χ0v) is 11.9. The fourth-order valence-electron chi connectivity index (χ4n) is 2.94. The maximum atomic E-state index is 5.16. The summed E-state index contributed by atoms with van der Waals surface area (Å²) in [6.07, 6.45) is 6.56. The Hall–Kier alpha value is -1.03. The van der Waals surface area contributed by atoms with Gasteiger partial charge in [0.05, 0.1) is 6.61 Å². The summed E-state index contributed by atoms with van der Waals surface area (Å²) >= 11 is 0. The van der Waals surface area contributed by atoms with Crippen LogP contribution < -0.4 is 5.32 Å². The molecule has 1 aromatic heterocycles. The Kier molecular flexibility index (Phi) is 4.27. The van der Waals surface area contributed by atoms with E-state index in [4.69, 9.17) is 4.74 Å². The largest absolute Gasteiger partial charge is 0.383 e. The van der Waals surface area contributed by atoms with Crippen molar-refractivity contribution in [3.63, 3.8) is 0 Å². The van der Waals surface area contributed by atoms with Crippen LogP contribution in [0.15, 0.2) is 12.4 Å². The molecule has 2 rings (SSSR count). The van der Waals surface area contributed by atoms with Crippen molar-refractivity contribution in [2.45, 2.75) is 45.7 Å². The van der Waals surface area contributed by atoms with Gasteiger partial charge in [0.1, 0.15) is 0 Å². The van der Waals surface area contributed by atoms with Crippen LogP contribution in [-0.2, 0) is 4.74 Å². The first kappa shape index (κ1) is 13.4. The van der Waals surface area contributed by atoms with Gasteiger partial charge in [-0.05, 0) is 31.6 Å². The van der Waals surface area contributed by atoms with Crippen LogP contribution in [0.2, 0.25) is 0 Å². The van der Waals surface area contributed by atoms with E-state index in [0.717, 1.165) is 17.8 Å². The summed E-state index contributed by atoms with van der Waals surface area (Å²) in [4.78, 5) is 4.44. The molecule has 4 nitrogen and oxygen atoms in total. The fourth-order valence-corrected chi connectivity index (χ4v) is 2.94. The van der Waals surface area contributed by atoms with Gasteiger partial charge in [-0.1, -0.05) is 13.8 Å². The summed E-state index contributed by atoms with van der Waals surface area (Å²) in [5.74, 6) is 2.50. The van der Waals surface area contributed by atoms with Crippen molar-refractivity contribution in [2.75, 3.05) is 19.0 Å². The van der Waals surface area contributed by atoms with Crippen molar-refractivity contribution < 1.29 is 4.74 Å². The van der Waals surface area contributed by atoms with Gasteiger partial charge >= 0.3 is 0 Å². The Balaban J connectivity index is 2.08. The van der Waals surface area contributed by atoms with Crippen LogP contribution in [0, 0.1) is 11.8 Å². The van der Waals surface area contributed by atoms with Crippen molar-refractivity contribution in [1.82, 2.24) is 9.55 Å². The smallest absolute Gasteiger partial charge is 0.203 e. The van der Waals surface area contributed by atoms with Gasteiger partial charge in [0.25, 0.3) is 0 Å². The van der Waals surface area contributed by atoms with Crippen molar-refractivity contribution in [1.29, 1.82) is 0 Å². The third kappa shape index (κ3) is 2.69. The number of methoxy groups -OCH3 is 1. The average molecular weight is 251 g/mol. The second-order valence-electron chi connectivity index (χ2n) is 5.64. The zero-order chi connectivity index (χ0) is 13.1. The van der Waals surface area contributed by atoms with Crippen LogP contribution in [0.1, 0.15) is 39.7 Å². The normalized spacial score (nSPS) is 29.4. The van der Waals surface area contributed by atoms with Crippen molar-refractivity contribution in [3.8, 4) is 0 Å². The highest BCUT2D eigenvalue weighted by Gasteiger charge is 2.32. The lowest BCUT2D eigenvalue weighted by molar-refractivity contribution is 0.190. The predicted molar refractivity (Wildman–Crippen MR) is 73.8 cm³/mol. The van der Waals surface area contributed by atoms with Gasteiger partial charge in [0, 0.05) is 31.6 Å². The van der Waals surface area contributed by atoms with Crippen molar-refractivity contribution in [2.24, 2.45) is 11.8 Å². The Morgan fingerprint density at radius 3 is 2.89 bits per heavy atom. The van der Waals surface area contributed by atoms with E-state index >= 15 is 0 Å². The maximum absolute atomic E-state index is 5.16. The number of nitrogens with zero attached hydrogens (tertiary/aromatic N) is 2. The average Bonchev–Trinajstić information content (AvgIpc) is 2.88. The van der Waals surface area contributed by atoms with Crippen LogP contribution in [0.4, 0.5) is 5.95 Å².